The lowest BCUT2D eigenvalue weighted by molar-refractivity contribution is -0.160. The summed E-state index contributed by atoms with van der Waals surface area (Å²) in [7, 11) is 1.27. The number of halogens is 2. The highest BCUT2D eigenvalue weighted by molar-refractivity contribution is 5.80. The molecule has 26 heavy (non-hydrogen) atoms. The maximum atomic E-state index is 13.5. The van der Waals surface area contributed by atoms with E-state index in [4.69, 9.17) is 9.47 Å². The van der Waals surface area contributed by atoms with Gasteiger partial charge in [-0.25, -0.2) is 19.0 Å². The fourth-order valence-electron chi connectivity index (χ4n) is 4.09. The van der Waals surface area contributed by atoms with Gasteiger partial charge in [0.25, 0.3) is 5.92 Å². The lowest BCUT2D eigenvalue weighted by Gasteiger charge is -2.29. The second kappa shape index (κ2) is 5.89. The number of rotatable bonds is 4. The van der Waals surface area contributed by atoms with Crippen molar-refractivity contribution in [3.63, 3.8) is 0 Å². The van der Waals surface area contributed by atoms with E-state index in [0.29, 0.717) is 18.6 Å². The van der Waals surface area contributed by atoms with E-state index in [9.17, 15) is 13.6 Å². The Hall–Kier alpha value is -2.25. The van der Waals surface area contributed by atoms with Crippen LogP contribution >= 0.6 is 0 Å². The van der Waals surface area contributed by atoms with Gasteiger partial charge in [0.2, 0.25) is 0 Å². The van der Waals surface area contributed by atoms with Gasteiger partial charge in [-0.1, -0.05) is 17.4 Å². The van der Waals surface area contributed by atoms with Crippen LogP contribution in [0.1, 0.15) is 43.6 Å². The third-order valence-corrected chi connectivity index (χ3v) is 5.91. The van der Waals surface area contributed by atoms with E-state index < -0.39 is 23.0 Å². The minimum Gasteiger partial charge on any atom is -0.464 e. The number of nitrogens with zero attached hydrogens (tertiary/aromatic N) is 2. The first-order chi connectivity index (χ1) is 12.4. The lowest BCUT2D eigenvalue weighted by Crippen LogP contribution is -2.55. The largest absolute Gasteiger partial charge is 0.464 e. The number of benzene rings is 1. The average Bonchev–Trinajstić information content (AvgIpc) is 2.98. The molecule has 1 unspecified atom stereocenters. The third kappa shape index (κ3) is 2.71. The Bertz CT molecular complexity index is 720. The number of esters is 1. The number of ether oxygens (including phenoxy) is 2. The van der Waals surface area contributed by atoms with Gasteiger partial charge in [0.15, 0.2) is 0 Å². The molecule has 0 aromatic heterocycles. The second-order valence-electron chi connectivity index (χ2n) is 7.44. The number of hydrogen-bond donors (Lipinski definition) is 1. The van der Waals surface area contributed by atoms with Crippen molar-refractivity contribution in [2.75, 3.05) is 13.7 Å². The van der Waals surface area contributed by atoms with E-state index in [2.05, 4.69) is 15.8 Å². The molecule has 8 heteroatoms. The summed E-state index contributed by atoms with van der Waals surface area (Å²) in [5.41, 5.74) is 1.51. The van der Waals surface area contributed by atoms with Gasteiger partial charge in [0.05, 0.1) is 7.11 Å². The van der Waals surface area contributed by atoms with Gasteiger partial charge < -0.3 is 9.47 Å². The maximum Gasteiger partial charge on any atom is 0.375 e. The van der Waals surface area contributed by atoms with Crippen LogP contribution in [-0.2, 0) is 9.53 Å². The van der Waals surface area contributed by atoms with E-state index >= 15 is 0 Å². The van der Waals surface area contributed by atoms with E-state index in [1.54, 1.807) is 12.1 Å². The maximum absolute atomic E-state index is 13.5. The molecule has 1 spiro atoms. The molecule has 1 aromatic rings. The summed E-state index contributed by atoms with van der Waals surface area (Å²) in [5, 5.41) is 7.36. The summed E-state index contributed by atoms with van der Waals surface area (Å²) >= 11 is 0. The van der Waals surface area contributed by atoms with E-state index in [1.165, 1.54) is 7.11 Å². The summed E-state index contributed by atoms with van der Waals surface area (Å²) in [6.07, 6.45) is 2.78. The first-order valence-electron chi connectivity index (χ1n) is 8.79. The number of carbonyl (C=O) groups excluding carboxylic acids is 1. The molecule has 1 N–H and O–H groups in total. The molecule has 1 heterocycles. The fraction of sp³-hybridized carbons (Fsp3) is 0.611. The van der Waals surface area contributed by atoms with Crippen LogP contribution in [0.2, 0.25) is 0 Å². The van der Waals surface area contributed by atoms with Crippen LogP contribution in [0.5, 0.6) is 5.75 Å². The van der Waals surface area contributed by atoms with Gasteiger partial charge in [-0.2, -0.15) is 5.11 Å². The number of alkyl halides is 2. The van der Waals surface area contributed by atoms with Crippen molar-refractivity contribution < 1.29 is 23.0 Å². The van der Waals surface area contributed by atoms with E-state index in [1.807, 2.05) is 12.1 Å². The van der Waals surface area contributed by atoms with Gasteiger partial charge >= 0.3 is 11.7 Å². The third-order valence-electron chi connectivity index (χ3n) is 5.91. The molecular weight excluding hydrogens is 344 g/mol. The lowest BCUT2D eigenvalue weighted by atomic mass is 9.76. The molecule has 1 aromatic carbocycles. The van der Waals surface area contributed by atoms with Gasteiger partial charge in [-0.15, -0.1) is 0 Å². The number of methoxy groups -OCH3 is 1. The van der Waals surface area contributed by atoms with E-state index in [0.717, 1.165) is 18.4 Å². The minimum absolute atomic E-state index is 0.0281. The Morgan fingerprint density at radius 1 is 1.23 bits per heavy atom. The van der Waals surface area contributed by atoms with Gasteiger partial charge in [0, 0.05) is 11.8 Å². The molecule has 3 aliphatic rings. The zero-order valence-corrected chi connectivity index (χ0v) is 14.5. The molecule has 0 radical (unpaired) electrons. The molecule has 2 aliphatic carbocycles. The van der Waals surface area contributed by atoms with E-state index in [-0.39, 0.29) is 18.9 Å². The molecule has 4 rings (SSSR count). The molecule has 2 fully saturated rings. The Kier molecular flexibility index (Phi) is 3.89. The van der Waals surface area contributed by atoms with Crippen LogP contribution in [0.15, 0.2) is 34.6 Å². The van der Waals surface area contributed by atoms with Crippen molar-refractivity contribution in [2.45, 2.75) is 49.7 Å². The molecule has 0 saturated heterocycles. The highest BCUT2D eigenvalue weighted by Crippen LogP contribution is 2.68. The molecule has 1 atom stereocenters. The van der Waals surface area contributed by atoms with Crippen LogP contribution in [0.25, 0.3) is 0 Å². The highest BCUT2D eigenvalue weighted by Gasteiger charge is 2.70. The van der Waals surface area contributed by atoms with Crippen molar-refractivity contribution in [3.8, 4) is 5.75 Å². The Morgan fingerprint density at radius 3 is 2.38 bits per heavy atom. The first-order valence-corrected chi connectivity index (χ1v) is 8.79. The number of hydrogen-bond acceptors (Lipinski definition) is 6. The summed E-state index contributed by atoms with van der Waals surface area (Å²) < 4.78 is 37.5. The van der Waals surface area contributed by atoms with Gasteiger partial charge in [-0.05, 0) is 49.3 Å². The van der Waals surface area contributed by atoms with Crippen molar-refractivity contribution >= 4 is 5.97 Å². The SMILES string of the molecule is COC(=O)C1(Oc2ccc(C3CCC4(CC3)CC4(F)F)cc2)CN=NN1. The van der Waals surface area contributed by atoms with Crippen LogP contribution < -0.4 is 10.2 Å². The van der Waals surface area contributed by atoms with Crippen LogP contribution in [0, 0.1) is 5.41 Å². The van der Waals surface area contributed by atoms with Gasteiger partial charge in [0.1, 0.15) is 12.3 Å². The Morgan fingerprint density at radius 2 is 1.88 bits per heavy atom. The smallest absolute Gasteiger partial charge is 0.375 e. The molecule has 6 nitrogen and oxygen atoms in total. The number of carbonyl (C=O) groups is 1. The zero-order valence-electron chi connectivity index (χ0n) is 14.5. The molecular formula is C18H21F2N3O3. The fourth-order valence-corrected chi connectivity index (χ4v) is 4.09. The molecule has 2 saturated carbocycles. The van der Waals surface area contributed by atoms with Gasteiger partial charge in [-0.3, -0.25) is 0 Å². The van der Waals surface area contributed by atoms with Crippen LogP contribution in [-0.4, -0.2) is 31.3 Å². The molecule has 0 amide bonds. The normalized spacial score (nSPS) is 34.3. The summed E-state index contributed by atoms with van der Waals surface area (Å²) in [6, 6.07) is 7.40. The summed E-state index contributed by atoms with van der Waals surface area (Å²) in [6.45, 7) is 0.0281. The second-order valence-corrected chi connectivity index (χ2v) is 7.44. The predicted octanol–water partition coefficient (Wildman–Crippen LogP) is 3.59. The molecule has 1 aliphatic heterocycles. The molecule has 140 valence electrons. The first kappa shape index (κ1) is 17.2. The van der Waals surface area contributed by atoms with Crippen molar-refractivity contribution in [1.82, 2.24) is 5.43 Å². The Balaban J connectivity index is 1.40. The highest BCUT2D eigenvalue weighted by atomic mass is 19.3. The minimum atomic E-state index is -2.46. The Labute approximate surface area is 149 Å². The summed E-state index contributed by atoms with van der Waals surface area (Å²) in [4.78, 5) is 12.0. The predicted molar refractivity (Wildman–Crippen MR) is 87.9 cm³/mol. The van der Waals surface area contributed by atoms with Crippen molar-refractivity contribution in [3.05, 3.63) is 29.8 Å². The summed E-state index contributed by atoms with van der Waals surface area (Å²) in [5.74, 6) is -2.29. The van der Waals surface area contributed by atoms with Crippen LogP contribution in [0.4, 0.5) is 8.78 Å². The number of nitrogens with one attached hydrogen (secondary N) is 1. The topological polar surface area (TPSA) is 72.3 Å². The van der Waals surface area contributed by atoms with Crippen molar-refractivity contribution in [2.24, 2.45) is 15.8 Å². The quantitative estimate of drug-likeness (QED) is 0.828. The average molecular weight is 365 g/mol. The van der Waals surface area contributed by atoms with Crippen molar-refractivity contribution in [1.29, 1.82) is 0 Å². The van der Waals surface area contributed by atoms with Crippen LogP contribution in [0.3, 0.4) is 0 Å². The standard InChI is InChI=1S/C18H21F2N3O3/c1-25-15(24)17(11-21-23-22-17)26-14-4-2-12(3-5-14)13-6-8-16(9-7-13)10-18(16,19)20/h2-5,13H,6-11H2,1H3,(H,21,22). The molecule has 0 bridgehead atoms. The monoisotopic (exact) mass is 365 g/mol. The zero-order chi connectivity index (χ0) is 18.4.